The molecule has 0 aliphatic carbocycles. The molecule has 1 amide bonds. The molecule has 1 aliphatic rings. The van der Waals surface area contributed by atoms with Crippen LogP contribution in [-0.2, 0) is 4.79 Å². The first-order valence-electron chi connectivity index (χ1n) is 7.05. The average Bonchev–Trinajstić information content (AvgIpc) is 3.12. The molecule has 4 rings (SSSR count). The molecule has 1 saturated heterocycles. The van der Waals surface area contributed by atoms with Crippen LogP contribution in [0.2, 0.25) is 5.15 Å². The van der Waals surface area contributed by atoms with Gasteiger partial charge in [-0.15, -0.1) is 0 Å². The number of hydrogen-bond acceptors (Lipinski definition) is 7. The van der Waals surface area contributed by atoms with Gasteiger partial charge in [-0.05, 0) is 12.1 Å². The highest BCUT2D eigenvalue weighted by molar-refractivity contribution is 8.26. The lowest BCUT2D eigenvalue weighted by Gasteiger charge is -2.04. The van der Waals surface area contributed by atoms with Crippen LogP contribution in [0, 0.1) is 0 Å². The summed E-state index contributed by atoms with van der Waals surface area (Å²) in [5.41, 5.74) is 8.30. The lowest BCUT2D eigenvalue weighted by molar-refractivity contribution is -0.115. The molecule has 0 bridgehead atoms. The molecular weight excluding hydrogens is 380 g/mol. The minimum atomic E-state index is -0.233. The lowest BCUT2D eigenvalue weighted by Crippen LogP contribution is -2.17. The Balaban J connectivity index is 1.81. The number of thiocarbonyl (C=S) groups is 1. The molecule has 25 heavy (non-hydrogen) atoms. The van der Waals surface area contributed by atoms with Crippen LogP contribution in [0.5, 0.6) is 0 Å². The minimum absolute atomic E-state index is 0.233. The number of pyridine rings is 2. The van der Waals surface area contributed by atoms with Crippen LogP contribution in [-0.4, -0.2) is 20.2 Å². The topological polar surface area (TPSA) is 94.0 Å². The first-order chi connectivity index (χ1) is 12.0. The molecule has 3 N–H and O–H groups in total. The summed E-state index contributed by atoms with van der Waals surface area (Å²) in [4.78, 5) is 20.6. The number of nitrogen functional groups attached to an aromatic ring is 1. The van der Waals surface area contributed by atoms with Gasteiger partial charge in [-0.3, -0.25) is 9.78 Å². The van der Waals surface area contributed by atoms with Gasteiger partial charge in [-0.1, -0.05) is 35.6 Å². The molecule has 0 radical (unpaired) electrons. The highest BCUT2D eigenvalue weighted by atomic mass is 35.5. The fourth-order valence-corrected chi connectivity index (χ4v) is 3.55. The van der Waals surface area contributed by atoms with Crippen LogP contribution in [0.3, 0.4) is 0 Å². The number of amides is 1. The fourth-order valence-electron chi connectivity index (χ4n) is 2.42. The fraction of sp³-hybridized carbons (Fsp3) is 0. The van der Waals surface area contributed by atoms with Gasteiger partial charge in [0.1, 0.15) is 15.7 Å². The summed E-state index contributed by atoms with van der Waals surface area (Å²) in [6, 6.07) is 3.52. The van der Waals surface area contributed by atoms with E-state index in [0.717, 1.165) is 16.5 Å². The predicted octanol–water partition coefficient (Wildman–Crippen LogP) is 3.61. The number of fused-ring (bicyclic) bond motifs is 1. The Morgan fingerprint density at radius 1 is 1.32 bits per heavy atom. The number of thioether (sulfide) groups is 1. The number of aromatic nitrogens is 2. The van der Waals surface area contributed by atoms with Gasteiger partial charge in [0.25, 0.3) is 5.91 Å². The monoisotopic (exact) mass is 388 g/mol. The zero-order valence-corrected chi connectivity index (χ0v) is 14.8. The van der Waals surface area contributed by atoms with Gasteiger partial charge in [-0.2, -0.15) is 0 Å². The molecule has 9 heteroatoms. The zero-order chi connectivity index (χ0) is 17.6. The smallest absolute Gasteiger partial charge is 0.263 e. The number of halogens is 1. The molecule has 124 valence electrons. The molecule has 1 aliphatic heterocycles. The van der Waals surface area contributed by atoms with Crippen LogP contribution in [0.15, 0.2) is 40.0 Å². The van der Waals surface area contributed by atoms with Crippen LogP contribution >= 0.6 is 35.6 Å². The number of furan rings is 1. The van der Waals surface area contributed by atoms with E-state index in [0.29, 0.717) is 26.3 Å². The summed E-state index contributed by atoms with van der Waals surface area (Å²) in [7, 11) is 0. The Bertz CT molecular complexity index is 1080. The number of carbonyl (C=O) groups excluding carboxylic acids is 1. The molecule has 3 aromatic heterocycles. The van der Waals surface area contributed by atoms with E-state index in [1.54, 1.807) is 36.8 Å². The van der Waals surface area contributed by atoms with E-state index in [-0.39, 0.29) is 11.1 Å². The van der Waals surface area contributed by atoms with Crippen molar-refractivity contribution >= 4 is 68.5 Å². The van der Waals surface area contributed by atoms with E-state index in [1.165, 1.54) is 11.8 Å². The van der Waals surface area contributed by atoms with Crippen molar-refractivity contribution in [2.75, 3.05) is 5.73 Å². The van der Waals surface area contributed by atoms with Gasteiger partial charge in [0.15, 0.2) is 5.15 Å². The predicted molar refractivity (Wildman–Crippen MR) is 103 cm³/mol. The highest BCUT2D eigenvalue weighted by Gasteiger charge is 2.23. The summed E-state index contributed by atoms with van der Waals surface area (Å²) in [5, 5.41) is 3.61. The molecule has 0 unspecified atom stereocenters. The van der Waals surface area contributed by atoms with E-state index in [9.17, 15) is 4.79 Å². The van der Waals surface area contributed by atoms with Gasteiger partial charge in [-0.25, -0.2) is 4.98 Å². The second kappa shape index (κ2) is 6.14. The summed E-state index contributed by atoms with van der Waals surface area (Å²) < 4.78 is 6.34. The van der Waals surface area contributed by atoms with Crippen molar-refractivity contribution in [3.05, 3.63) is 46.5 Å². The second-order valence-electron chi connectivity index (χ2n) is 5.21. The van der Waals surface area contributed by atoms with Crippen LogP contribution in [0.1, 0.15) is 5.76 Å². The van der Waals surface area contributed by atoms with Gasteiger partial charge in [0, 0.05) is 41.2 Å². The van der Waals surface area contributed by atoms with E-state index < -0.39 is 0 Å². The van der Waals surface area contributed by atoms with Crippen molar-refractivity contribution in [3.8, 4) is 11.1 Å². The number of rotatable bonds is 2. The molecule has 0 spiro atoms. The van der Waals surface area contributed by atoms with Gasteiger partial charge in [0.05, 0.1) is 10.6 Å². The molecule has 1 fully saturated rings. The summed E-state index contributed by atoms with van der Waals surface area (Å²) in [6.45, 7) is 0. The van der Waals surface area contributed by atoms with Crippen molar-refractivity contribution in [3.63, 3.8) is 0 Å². The van der Waals surface area contributed by atoms with Crippen LogP contribution in [0.25, 0.3) is 28.2 Å². The Hall–Kier alpha value is -2.42. The van der Waals surface area contributed by atoms with Crippen molar-refractivity contribution in [2.45, 2.75) is 0 Å². The Labute approximate surface area is 156 Å². The number of hydrogen-bond donors (Lipinski definition) is 2. The van der Waals surface area contributed by atoms with Crippen molar-refractivity contribution in [1.82, 2.24) is 15.3 Å². The molecule has 4 heterocycles. The normalized spacial score (nSPS) is 16.0. The third-order valence-electron chi connectivity index (χ3n) is 3.53. The summed E-state index contributed by atoms with van der Waals surface area (Å²) >= 11 is 12.1. The van der Waals surface area contributed by atoms with E-state index in [1.807, 2.05) is 0 Å². The zero-order valence-electron chi connectivity index (χ0n) is 12.4. The van der Waals surface area contributed by atoms with Crippen LogP contribution in [0.4, 0.5) is 5.69 Å². The number of carbonyl (C=O) groups is 1. The second-order valence-corrected chi connectivity index (χ2v) is 7.29. The maximum Gasteiger partial charge on any atom is 0.263 e. The molecular formula is C16H9ClN4O2S2. The lowest BCUT2D eigenvalue weighted by atomic mass is 10.1. The molecule has 3 aromatic rings. The standard InChI is InChI=1S/C16H9ClN4O2S2/c17-14-11(18)2-7(5-20-14)10-6-19-4-8-1-9(23-13(8)10)3-12-15(22)21-16(24)25-12/h1-6H,18H2,(H,21,22,24). The Morgan fingerprint density at radius 3 is 2.88 bits per heavy atom. The Morgan fingerprint density at radius 2 is 2.16 bits per heavy atom. The number of nitrogens with zero attached hydrogens (tertiary/aromatic N) is 2. The van der Waals surface area contributed by atoms with Crippen molar-refractivity contribution in [1.29, 1.82) is 0 Å². The first kappa shape index (κ1) is 16.1. The quantitative estimate of drug-likeness (QED) is 0.393. The first-order valence-corrected chi connectivity index (χ1v) is 8.65. The third-order valence-corrected chi connectivity index (χ3v) is 5.01. The van der Waals surface area contributed by atoms with Gasteiger partial charge < -0.3 is 15.5 Å². The number of nitrogens with one attached hydrogen (secondary N) is 1. The number of anilines is 1. The molecule has 0 saturated carbocycles. The SMILES string of the molecule is Nc1cc(-c2cncc3cc(C=C4SC(=S)NC4=O)oc23)cnc1Cl. The Kier molecular flexibility index (Phi) is 3.95. The number of nitrogens with two attached hydrogens (primary N) is 1. The van der Waals surface area contributed by atoms with Gasteiger partial charge in [0.2, 0.25) is 0 Å². The maximum absolute atomic E-state index is 11.8. The van der Waals surface area contributed by atoms with Crippen molar-refractivity contribution in [2.24, 2.45) is 0 Å². The largest absolute Gasteiger partial charge is 0.456 e. The average molecular weight is 389 g/mol. The van der Waals surface area contributed by atoms with Crippen molar-refractivity contribution < 1.29 is 9.21 Å². The van der Waals surface area contributed by atoms with E-state index >= 15 is 0 Å². The molecule has 6 nitrogen and oxygen atoms in total. The third kappa shape index (κ3) is 2.99. The van der Waals surface area contributed by atoms with Gasteiger partial charge >= 0.3 is 0 Å². The maximum atomic E-state index is 11.8. The highest BCUT2D eigenvalue weighted by Crippen LogP contribution is 2.33. The van der Waals surface area contributed by atoms with Crippen LogP contribution < -0.4 is 11.1 Å². The van der Waals surface area contributed by atoms with E-state index in [4.69, 9.17) is 34.0 Å². The molecule has 0 aromatic carbocycles. The summed E-state index contributed by atoms with van der Waals surface area (Å²) in [6.07, 6.45) is 6.61. The minimum Gasteiger partial charge on any atom is -0.456 e. The van der Waals surface area contributed by atoms with E-state index in [2.05, 4.69) is 15.3 Å². The summed E-state index contributed by atoms with van der Waals surface area (Å²) in [5.74, 6) is 0.296. The molecule has 0 atom stereocenters.